The van der Waals surface area contributed by atoms with Crippen molar-refractivity contribution in [2.45, 2.75) is 38.5 Å². The van der Waals surface area contributed by atoms with E-state index < -0.39 is 5.41 Å². The standard InChI is InChI=1S/C16H22ClNO/c1-4-13(2)11-16(12-18,8-9-17)14-6-5-7-15(10-14)19-3/h5-7,10,13H,4,8-9,11H2,1-3H3. The first-order valence-corrected chi connectivity index (χ1v) is 7.27. The van der Waals surface area contributed by atoms with Crippen LogP contribution in [0.1, 0.15) is 38.7 Å². The first kappa shape index (κ1) is 15.9. The van der Waals surface area contributed by atoms with Gasteiger partial charge in [0.2, 0.25) is 0 Å². The van der Waals surface area contributed by atoms with E-state index in [1.165, 1.54) is 0 Å². The average Bonchev–Trinajstić information content (AvgIpc) is 2.46. The van der Waals surface area contributed by atoms with Crippen LogP contribution in [0.3, 0.4) is 0 Å². The summed E-state index contributed by atoms with van der Waals surface area (Å²) in [4.78, 5) is 0. The zero-order chi connectivity index (χ0) is 14.3. The molecule has 0 N–H and O–H groups in total. The molecule has 3 heteroatoms. The quantitative estimate of drug-likeness (QED) is 0.688. The molecule has 0 saturated carbocycles. The fourth-order valence-electron chi connectivity index (χ4n) is 2.35. The van der Waals surface area contributed by atoms with Gasteiger partial charge in [-0.15, -0.1) is 11.6 Å². The summed E-state index contributed by atoms with van der Waals surface area (Å²) in [6.07, 6.45) is 2.57. The van der Waals surface area contributed by atoms with Crippen LogP contribution in [0.2, 0.25) is 0 Å². The number of alkyl halides is 1. The molecular formula is C16H22ClNO. The van der Waals surface area contributed by atoms with Crippen molar-refractivity contribution >= 4 is 11.6 Å². The minimum absolute atomic E-state index is 0.487. The first-order chi connectivity index (χ1) is 9.11. The smallest absolute Gasteiger partial charge is 0.119 e. The van der Waals surface area contributed by atoms with Gasteiger partial charge in [0, 0.05) is 5.88 Å². The van der Waals surface area contributed by atoms with Crippen LogP contribution in [-0.2, 0) is 5.41 Å². The molecule has 1 aromatic rings. The largest absolute Gasteiger partial charge is 0.497 e. The number of nitriles is 1. The Balaban J connectivity index is 3.17. The molecule has 0 aliphatic carbocycles. The van der Waals surface area contributed by atoms with E-state index >= 15 is 0 Å². The van der Waals surface area contributed by atoms with Crippen molar-refractivity contribution < 1.29 is 4.74 Å². The molecular weight excluding hydrogens is 258 g/mol. The van der Waals surface area contributed by atoms with E-state index in [1.54, 1.807) is 7.11 Å². The molecule has 0 heterocycles. The predicted molar refractivity (Wildman–Crippen MR) is 79.7 cm³/mol. The molecule has 0 fully saturated rings. The summed E-state index contributed by atoms with van der Waals surface area (Å²) >= 11 is 5.93. The van der Waals surface area contributed by atoms with Gasteiger partial charge in [-0.2, -0.15) is 5.26 Å². The van der Waals surface area contributed by atoms with E-state index in [-0.39, 0.29) is 0 Å². The molecule has 0 bridgehead atoms. The second kappa shape index (κ2) is 7.40. The van der Waals surface area contributed by atoms with Crippen LogP contribution in [0.15, 0.2) is 24.3 Å². The minimum atomic E-state index is -0.508. The van der Waals surface area contributed by atoms with E-state index in [4.69, 9.17) is 16.3 Å². The normalized spacial score (nSPS) is 15.3. The van der Waals surface area contributed by atoms with Crippen LogP contribution in [-0.4, -0.2) is 13.0 Å². The molecule has 0 spiro atoms. The maximum absolute atomic E-state index is 9.72. The number of rotatable bonds is 7. The molecule has 0 amide bonds. The number of methoxy groups -OCH3 is 1. The Morgan fingerprint density at radius 1 is 1.47 bits per heavy atom. The lowest BCUT2D eigenvalue weighted by Gasteiger charge is -2.29. The fourth-order valence-corrected chi connectivity index (χ4v) is 2.67. The third-order valence-electron chi connectivity index (χ3n) is 3.75. The van der Waals surface area contributed by atoms with Crippen molar-refractivity contribution in [1.82, 2.24) is 0 Å². The molecule has 1 aromatic carbocycles. The number of hydrogen-bond acceptors (Lipinski definition) is 2. The van der Waals surface area contributed by atoms with Crippen LogP contribution in [0, 0.1) is 17.2 Å². The highest BCUT2D eigenvalue weighted by Crippen LogP contribution is 2.37. The Labute approximate surface area is 121 Å². The molecule has 0 aliphatic heterocycles. The summed E-state index contributed by atoms with van der Waals surface area (Å²) in [6, 6.07) is 10.3. The predicted octanol–water partition coefficient (Wildman–Crippen LogP) is 4.52. The van der Waals surface area contributed by atoms with Crippen LogP contribution in [0.25, 0.3) is 0 Å². The molecule has 104 valence electrons. The van der Waals surface area contributed by atoms with Gasteiger partial charge >= 0.3 is 0 Å². The van der Waals surface area contributed by atoms with Gasteiger partial charge < -0.3 is 4.74 Å². The average molecular weight is 280 g/mol. The Kier molecular flexibility index (Phi) is 6.18. The van der Waals surface area contributed by atoms with Gasteiger partial charge in [-0.05, 0) is 36.5 Å². The summed E-state index contributed by atoms with van der Waals surface area (Å²) in [5.74, 6) is 1.77. The van der Waals surface area contributed by atoms with Crippen molar-refractivity contribution in [3.05, 3.63) is 29.8 Å². The fraction of sp³-hybridized carbons (Fsp3) is 0.562. The van der Waals surface area contributed by atoms with Gasteiger partial charge in [-0.3, -0.25) is 0 Å². The number of hydrogen-bond donors (Lipinski definition) is 0. The number of benzene rings is 1. The Hall–Kier alpha value is -1.20. The van der Waals surface area contributed by atoms with Crippen LogP contribution < -0.4 is 4.74 Å². The van der Waals surface area contributed by atoms with Gasteiger partial charge in [-0.25, -0.2) is 0 Å². The summed E-state index contributed by atoms with van der Waals surface area (Å²) < 4.78 is 5.26. The Morgan fingerprint density at radius 3 is 2.74 bits per heavy atom. The van der Waals surface area contributed by atoms with Crippen molar-refractivity contribution in [3.63, 3.8) is 0 Å². The van der Waals surface area contributed by atoms with Crippen molar-refractivity contribution in [1.29, 1.82) is 5.26 Å². The van der Waals surface area contributed by atoms with Crippen LogP contribution in [0.5, 0.6) is 5.75 Å². The lowest BCUT2D eigenvalue weighted by molar-refractivity contribution is 0.377. The lowest BCUT2D eigenvalue weighted by Crippen LogP contribution is -2.27. The van der Waals surface area contributed by atoms with E-state index in [0.717, 1.165) is 24.2 Å². The summed E-state index contributed by atoms with van der Waals surface area (Å²) in [5.41, 5.74) is 0.501. The number of halogens is 1. The van der Waals surface area contributed by atoms with Gasteiger partial charge in [0.05, 0.1) is 18.6 Å². The van der Waals surface area contributed by atoms with Gasteiger partial charge in [0.1, 0.15) is 5.75 Å². The Bertz CT molecular complexity index is 441. The van der Waals surface area contributed by atoms with E-state index in [9.17, 15) is 5.26 Å². The molecule has 0 aromatic heterocycles. The lowest BCUT2D eigenvalue weighted by atomic mass is 9.73. The zero-order valence-electron chi connectivity index (χ0n) is 11.9. The zero-order valence-corrected chi connectivity index (χ0v) is 12.7. The highest BCUT2D eigenvalue weighted by atomic mass is 35.5. The summed E-state index contributed by atoms with van der Waals surface area (Å²) in [6.45, 7) is 4.33. The van der Waals surface area contributed by atoms with Crippen molar-refractivity contribution in [2.24, 2.45) is 5.92 Å². The highest BCUT2D eigenvalue weighted by molar-refractivity contribution is 6.17. The van der Waals surface area contributed by atoms with Gasteiger partial charge in [-0.1, -0.05) is 32.4 Å². The molecule has 2 unspecified atom stereocenters. The highest BCUT2D eigenvalue weighted by Gasteiger charge is 2.33. The van der Waals surface area contributed by atoms with Crippen LogP contribution >= 0.6 is 11.6 Å². The molecule has 2 nitrogen and oxygen atoms in total. The molecule has 19 heavy (non-hydrogen) atoms. The monoisotopic (exact) mass is 279 g/mol. The molecule has 0 saturated heterocycles. The third kappa shape index (κ3) is 3.88. The second-order valence-electron chi connectivity index (χ2n) is 5.08. The molecule has 2 atom stereocenters. The second-order valence-corrected chi connectivity index (χ2v) is 5.46. The third-order valence-corrected chi connectivity index (χ3v) is 3.94. The van der Waals surface area contributed by atoms with Crippen molar-refractivity contribution in [2.75, 3.05) is 13.0 Å². The summed E-state index contributed by atoms with van der Waals surface area (Å²) in [7, 11) is 1.64. The maximum Gasteiger partial charge on any atom is 0.119 e. The maximum atomic E-state index is 9.72. The van der Waals surface area contributed by atoms with E-state index in [1.807, 2.05) is 24.3 Å². The first-order valence-electron chi connectivity index (χ1n) is 6.73. The summed E-state index contributed by atoms with van der Waals surface area (Å²) in [5, 5.41) is 9.72. The Morgan fingerprint density at radius 2 is 2.21 bits per heavy atom. The van der Waals surface area contributed by atoms with Crippen molar-refractivity contribution in [3.8, 4) is 11.8 Å². The SMILES string of the molecule is CCC(C)CC(C#N)(CCCl)c1cccc(OC)c1. The van der Waals surface area contributed by atoms with E-state index in [2.05, 4.69) is 19.9 Å². The minimum Gasteiger partial charge on any atom is -0.497 e. The van der Waals surface area contributed by atoms with Gasteiger partial charge in [0.15, 0.2) is 0 Å². The molecule has 1 rings (SSSR count). The topological polar surface area (TPSA) is 33.0 Å². The van der Waals surface area contributed by atoms with E-state index in [0.29, 0.717) is 18.2 Å². The molecule has 0 aliphatic rings. The molecule has 0 radical (unpaired) electrons. The number of ether oxygens (including phenoxy) is 1. The number of nitrogens with zero attached hydrogens (tertiary/aromatic N) is 1. The van der Waals surface area contributed by atoms with Crippen LogP contribution in [0.4, 0.5) is 0 Å². The van der Waals surface area contributed by atoms with Gasteiger partial charge in [0.25, 0.3) is 0 Å².